The molecule has 2 heterocycles. The van der Waals surface area contributed by atoms with E-state index in [0.29, 0.717) is 0 Å². The Balaban J connectivity index is 2.54. The van der Waals surface area contributed by atoms with Crippen molar-refractivity contribution in [3.8, 4) is 0 Å². The minimum absolute atomic E-state index is 1.07. The summed E-state index contributed by atoms with van der Waals surface area (Å²) in [5.41, 5.74) is 7.74. The maximum Gasteiger partial charge on any atom is 0.286 e. The van der Waals surface area contributed by atoms with Crippen LogP contribution in [0.2, 0.25) is 0 Å². The fraction of sp³-hybridized carbons (Fsp3) is 0.286. The summed E-state index contributed by atoms with van der Waals surface area (Å²) in [6.45, 7) is 11.0. The molecule has 0 atom stereocenters. The Bertz CT molecular complexity index is 1060. The van der Waals surface area contributed by atoms with E-state index < -0.39 is 0 Å². The summed E-state index contributed by atoms with van der Waals surface area (Å²) in [4.78, 5) is 9.03. The lowest BCUT2D eigenvalue weighted by Crippen LogP contribution is -2.29. The van der Waals surface area contributed by atoms with Crippen molar-refractivity contribution in [3.63, 3.8) is 0 Å². The van der Waals surface area contributed by atoms with Crippen LogP contribution in [-0.2, 0) is 7.05 Å². The van der Waals surface area contributed by atoms with E-state index in [9.17, 15) is 0 Å². The molecule has 4 rings (SSSR count). The van der Waals surface area contributed by atoms with Crippen molar-refractivity contribution in [1.82, 2.24) is 9.97 Å². The molecule has 0 aliphatic heterocycles. The molecule has 0 fully saturated rings. The molecule has 0 saturated carbocycles. The second-order valence-corrected chi connectivity index (χ2v) is 6.84. The molecule has 0 bridgehead atoms. The molecule has 4 aromatic rings. The first-order valence-electron chi connectivity index (χ1n) is 8.34. The van der Waals surface area contributed by atoms with Gasteiger partial charge in [-0.15, -0.1) is 0 Å². The lowest BCUT2D eigenvalue weighted by molar-refractivity contribution is -0.647. The molecule has 24 heavy (non-hydrogen) atoms. The molecule has 2 aromatic carbocycles. The van der Waals surface area contributed by atoms with Crippen molar-refractivity contribution in [3.05, 3.63) is 52.7 Å². The molecule has 120 valence electrons. The maximum absolute atomic E-state index is 4.56. The predicted molar refractivity (Wildman–Crippen MR) is 99.4 cm³/mol. The van der Waals surface area contributed by atoms with Gasteiger partial charge in [-0.25, -0.2) is 4.57 Å². The fourth-order valence-electron chi connectivity index (χ4n) is 4.07. The molecule has 3 heteroatoms. The van der Waals surface area contributed by atoms with Crippen LogP contribution in [0.1, 0.15) is 27.9 Å². The van der Waals surface area contributed by atoms with Crippen molar-refractivity contribution >= 4 is 32.4 Å². The van der Waals surface area contributed by atoms with Gasteiger partial charge in [-0.05, 0) is 73.7 Å². The summed E-state index contributed by atoms with van der Waals surface area (Å²) < 4.78 is 2.12. The van der Waals surface area contributed by atoms with Gasteiger partial charge in [-0.1, -0.05) is 4.98 Å². The predicted octanol–water partition coefficient (Wildman–Crippen LogP) is 4.30. The fourth-order valence-corrected chi connectivity index (χ4v) is 4.07. The van der Waals surface area contributed by atoms with Crippen LogP contribution in [0.5, 0.6) is 0 Å². The van der Waals surface area contributed by atoms with Gasteiger partial charge in [0.2, 0.25) is 0 Å². The summed E-state index contributed by atoms with van der Waals surface area (Å²) in [5.74, 6) is 0. The van der Waals surface area contributed by atoms with Crippen LogP contribution in [0.3, 0.4) is 0 Å². The van der Waals surface area contributed by atoms with E-state index in [1.165, 1.54) is 54.7 Å². The van der Waals surface area contributed by atoms with Gasteiger partial charge in [0.15, 0.2) is 6.20 Å². The van der Waals surface area contributed by atoms with Gasteiger partial charge in [-0.2, -0.15) is 0 Å². The summed E-state index contributed by atoms with van der Waals surface area (Å²) in [7, 11) is 2.07. The summed E-state index contributed by atoms with van der Waals surface area (Å²) in [6, 6.07) is 2.16. The molecule has 0 N–H and O–H groups in total. The quantitative estimate of drug-likeness (QED) is 0.357. The summed E-state index contributed by atoms with van der Waals surface area (Å²) in [5, 5.41) is 6.40. The van der Waals surface area contributed by atoms with Gasteiger partial charge >= 0.3 is 0 Å². The Labute approximate surface area is 142 Å². The normalized spacial score (nSPS) is 11.8. The Hall–Kier alpha value is -2.55. The third-order valence-electron chi connectivity index (χ3n) is 5.65. The number of nitrogens with zero attached hydrogens (tertiary/aromatic N) is 3. The zero-order chi connectivity index (χ0) is 17.2. The zero-order valence-corrected chi connectivity index (χ0v) is 15.2. The topological polar surface area (TPSA) is 29.7 Å². The van der Waals surface area contributed by atoms with Crippen LogP contribution >= 0.6 is 0 Å². The van der Waals surface area contributed by atoms with Gasteiger partial charge in [0, 0.05) is 17.3 Å². The molecule has 0 amide bonds. The van der Waals surface area contributed by atoms with E-state index in [4.69, 9.17) is 0 Å². The van der Waals surface area contributed by atoms with Gasteiger partial charge in [0.25, 0.3) is 6.33 Å². The van der Waals surface area contributed by atoms with E-state index >= 15 is 0 Å². The largest absolute Gasteiger partial charge is 0.286 e. The molecule has 0 saturated heterocycles. The van der Waals surface area contributed by atoms with Gasteiger partial charge in [-0.3, -0.25) is 4.98 Å². The SMILES string of the molecule is Cc1c(C)c(C)c2c3cnc[n+](C)c3c3c(C)nccc3c2c1C. The first-order chi connectivity index (χ1) is 11.4. The number of hydrogen-bond acceptors (Lipinski definition) is 2. The number of fused-ring (bicyclic) bond motifs is 6. The molecule has 0 aliphatic carbocycles. The first-order valence-corrected chi connectivity index (χ1v) is 8.34. The van der Waals surface area contributed by atoms with Gasteiger partial charge < -0.3 is 0 Å². The lowest BCUT2D eigenvalue weighted by atomic mass is 9.86. The van der Waals surface area contributed by atoms with Crippen LogP contribution in [0.4, 0.5) is 0 Å². The van der Waals surface area contributed by atoms with Crippen molar-refractivity contribution in [2.24, 2.45) is 7.05 Å². The molecule has 0 spiro atoms. The van der Waals surface area contributed by atoms with Crippen molar-refractivity contribution in [1.29, 1.82) is 0 Å². The van der Waals surface area contributed by atoms with Crippen LogP contribution in [0.25, 0.3) is 32.4 Å². The molecule has 0 unspecified atom stereocenters. The summed E-state index contributed by atoms with van der Waals surface area (Å²) >= 11 is 0. The van der Waals surface area contributed by atoms with Crippen LogP contribution < -0.4 is 4.57 Å². The van der Waals surface area contributed by atoms with E-state index in [1.807, 2.05) is 18.7 Å². The standard InChI is InChI=1S/C21H22N3/c1-11-12(2)14(4)19-17-9-22-10-24(6)21(17)20-15(5)23-8-7-16(20)18(19)13(11)3/h7-10H,1-6H3/q+1. The Morgan fingerprint density at radius 3 is 2.08 bits per heavy atom. The van der Waals surface area contributed by atoms with Crippen molar-refractivity contribution in [2.45, 2.75) is 34.6 Å². The molecular formula is C21H22N3+. The average Bonchev–Trinajstić information content (AvgIpc) is 2.57. The highest BCUT2D eigenvalue weighted by molar-refractivity contribution is 6.25. The van der Waals surface area contributed by atoms with Gasteiger partial charge in [0.05, 0.1) is 17.8 Å². The van der Waals surface area contributed by atoms with Crippen LogP contribution in [0.15, 0.2) is 24.8 Å². The highest BCUT2D eigenvalue weighted by Gasteiger charge is 2.20. The minimum Gasteiger partial charge on any atom is -0.261 e. The monoisotopic (exact) mass is 316 g/mol. The number of rotatable bonds is 0. The highest BCUT2D eigenvalue weighted by Crippen LogP contribution is 2.39. The smallest absolute Gasteiger partial charge is 0.261 e. The van der Waals surface area contributed by atoms with E-state index in [0.717, 1.165) is 5.69 Å². The van der Waals surface area contributed by atoms with Crippen LogP contribution in [0, 0.1) is 34.6 Å². The van der Waals surface area contributed by atoms with E-state index in [2.05, 4.69) is 62.3 Å². The average molecular weight is 316 g/mol. The third kappa shape index (κ3) is 1.75. The second-order valence-electron chi connectivity index (χ2n) is 6.84. The van der Waals surface area contributed by atoms with E-state index in [-0.39, 0.29) is 0 Å². The second kappa shape index (κ2) is 4.97. The van der Waals surface area contributed by atoms with E-state index in [1.54, 1.807) is 0 Å². The van der Waals surface area contributed by atoms with Crippen molar-refractivity contribution in [2.75, 3.05) is 0 Å². The lowest BCUT2D eigenvalue weighted by Gasteiger charge is -2.18. The number of benzene rings is 2. The molecule has 3 nitrogen and oxygen atoms in total. The maximum atomic E-state index is 4.56. The molecular weight excluding hydrogens is 294 g/mol. The van der Waals surface area contributed by atoms with Crippen molar-refractivity contribution < 1.29 is 4.57 Å². The number of pyridine rings is 1. The summed E-state index contributed by atoms with van der Waals surface area (Å²) in [6.07, 6.45) is 5.81. The molecule has 0 radical (unpaired) electrons. The number of aryl methyl sites for hydroxylation is 4. The Morgan fingerprint density at radius 1 is 0.792 bits per heavy atom. The Kier molecular flexibility index (Phi) is 3.11. The zero-order valence-electron chi connectivity index (χ0n) is 15.2. The number of hydrogen-bond donors (Lipinski definition) is 0. The minimum atomic E-state index is 1.07. The third-order valence-corrected chi connectivity index (χ3v) is 5.65. The first kappa shape index (κ1) is 15.0. The molecule has 2 aromatic heterocycles. The Morgan fingerprint density at radius 2 is 1.42 bits per heavy atom. The highest BCUT2D eigenvalue weighted by atomic mass is 15.0. The number of aromatic nitrogens is 3. The van der Waals surface area contributed by atoms with Gasteiger partial charge in [0.1, 0.15) is 5.52 Å². The molecule has 0 aliphatic rings. The van der Waals surface area contributed by atoms with Crippen LogP contribution in [-0.4, -0.2) is 9.97 Å².